The Morgan fingerprint density at radius 3 is 2.38 bits per heavy atom. The molecule has 0 saturated carbocycles. The van der Waals surface area contributed by atoms with Crippen LogP contribution in [0.1, 0.15) is 23.2 Å². The topological polar surface area (TPSA) is 92.5 Å². The molecule has 1 heterocycles. The van der Waals surface area contributed by atoms with Crippen molar-refractivity contribution in [3.05, 3.63) is 59.2 Å². The minimum Gasteiger partial charge on any atom is -0.329 e. The van der Waals surface area contributed by atoms with Gasteiger partial charge >= 0.3 is 0 Å². The minimum atomic E-state index is -4.25. The maximum absolute atomic E-state index is 14.3. The highest BCUT2D eigenvalue weighted by Crippen LogP contribution is 2.28. The first kappa shape index (κ1) is 21.2. The van der Waals surface area contributed by atoms with Crippen LogP contribution >= 0.6 is 0 Å². The average Bonchev–Trinajstić information content (AvgIpc) is 3.16. The third-order valence-corrected chi connectivity index (χ3v) is 6.58. The second-order valence-electron chi connectivity index (χ2n) is 6.50. The molecular weight excluding hydrogens is 414 g/mol. The van der Waals surface area contributed by atoms with Crippen LogP contribution in [0.3, 0.4) is 0 Å². The number of carbonyl (C=O) groups is 1. The molecule has 0 bridgehead atoms. The van der Waals surface area contributed by atoms with Crippen molar-refractivity contribution in [2.75, 3.05) is 18.4 Å². The van der Waals surface area contributed by atoms with E-state index in [0.717, 1.165) is 22.5 Å². The lowest BCUT2D eigenvalue weighted by Crippen LogP contribution is -2.40. The van der Waals surface area contributed by atoms with E-state index in [1.807, 2.05) is 0 Å². The van der Waals surface area contributed by atoms with Gasteiger partial charge in [0.05, 0.1) is 0 Å². The van der Waals surface area contributed by atoms with Crippen LogP contribution in [-0.2, 0) is 10.0 Å². The van der Waals surface area contributed by atoms with Crippen LogP contribution in [0.2, 0.25) is 0 Å². The predicted molar refractivity (Wildman–Crippen MR) is 96.6 cm³/mol. The highest BCUT2D eigenvalue weighted by molar-refractivity contribution is 7.89. The monoisotopic (exact) mass is 431 g/mol. The number of nitrogens with one attached hydrogen (secondary N) is 1. The fraction of sp³-hybridized carbons (Fsp3) is 0.278. The summed E-state index contributed by atoms with van der Waals surface area (Å²) in [5.74, 6) is -6.72. The number of nitrogens with zero attached hydrogens (tertiary/aromatic N) is 1. The predicted octanol–water partition coefficient (Wildman–Crippen LogP) is 2.61. The van der Waals surface area contributed by atoms with Gasteiger partial charge in [0.25, 0.3) is 5.91 Å². The van der Waals surface area contributed by atoms with Crippen LogP contribution in [0.4, 0.5) is 23.2 Å². The first-order chi connectivity index (χ1) is 13.6. The van der Waals surface area contributed by atoms with Crippen molar-refractivity contribution < 1.29 is 30.8 Å². The normalized spacial score (nSPS) is 17.5. The van der Waals surface area contributed by atoms with Gasteiger partial charge < -0.3 is 11.1 Å². The van der Waals surface area contributed by atoms with Gasteiger partial charge in [0.1, 0.15) is 10.7 Å². The lowest BCUT2D eigenvalue weighted by atomic mass is 10.2. The Hall–Kier alpha value is -2.50. The summed E-state index contributed by atoms with van der Waals surface area (Å²) in [6.45, 7) is 0.247. The summed E-state index contributed by atoms with van der Waals surface area (Å²) in [7, 11) is -4.25. The molecule has 2 aromatic carbocycles. The lowest BCUT2D eigenvalue weighted by Gasteiger charge is -2.23. The highest BCUT2D eigenvalue weighted by Gasteiger charge is 2.36. The summed E-state index contributed by atoms with van der Waals surface area (Å²) < 4.78 is 80.7. The molecule has 6 nitrogen and oxygen atoms in total. The van der Waals surface area contributed by atoms with E-state index in [2.05, 4.69) is 5.32 Å². The van der Waals surface area contributed by atoms with E-state index in [9.17, 15) is 30.8 Å². The molecule has 0 aromatic heterocycles. The first-order valence-corrected chi connectivity index (χ1v) is 10.1. The number of hydrogen-bond acceptors (Lipinski definition) is 4. The SMILES string of the molecule is NCC1CCCN1S(=O)(=O)c1cc(C(=O)Nc2cc(F)c(F)c(F)c2)ccc1F. The van der Waals surface area contributed by atoms with E-state index in [1.54, 1.807) is 0 Å². The van der Waals surface area contributed by atoms with Crippen molar-refractivity contribution in [2.24, 2.45) is 5.73 Å². The second-order valence-corrected chi connectivity index (χ2v) is 8.36. The molecule has 0 radical (unpaired) electrons. The van der Waals surface area contributed by atoms with Crippen LogP contribution in [0, 0.1) is 23.3 Å². The number of amides is 1. The molecule has 0 aliphatic carbocycles. The quantitative estimate of drug-likeness (QED) is 0.562. The Balaban J connectivity index is 1.92. The zero-order valence-electron chi connectivity index (χ0n) is 15.0. The molecule has 156 valence electrons. The number of hydrogen-bond donors (Lipinski definition) is 2. The summed E-state index contributed by atoms with van der Waals surface area (Å²) in [6, 6.07) is 3.32. The Morgan fingerprint density at radius 2 is 1.76 bits per heavy atom. The average molecular weight is 431 g/mol. The van der Waals surface area contributed by atoms with Crippen molar-refractivity contribution >= 4 is 21.6 Å². The van der Waals surface area contributed by atoms with Crippen LogP contribution in [0.25, 0.3) is 0 Å². The fourth-order valence-corrected chi connectivity index (χ4v) is 4.96. The maximum atomic E-state index is 14.3. The Bertz CT molecular complexity index is 1040. The third kappa shape index (κ3) is 4.11. The molecule has 3 N–H and O–H groups in total. The molecule has 1 fully saturated rings. The smallest absolute Gasteiger partial charge is 0.255 e. The fourth-order valence-electron chi connectivity index (χ4n) is 3.16. The molecule has 1 saturated heterocycles. The number of anilines is 1. The molecule has 1 amide bonds. The van der Waals surface area contributed by atoms with E-state index in [1.165, 1.54) is 0 Å². The largest absolute Gasteiger partial charge is 0.329 e. The summed E-state index contributed by atoms with van der Waals surface area (Å²) in [4.78, 5) is 11.6. The molecule has 2 aromatic rings. The van der Waals surface area contributed by atoms with Gasteiger partial charge in [-0.1, -0.05) is 0 Å². The van der Waals surface area contributed by atoms with Crippen LogP contribution < -0.4 is 11.1 Å². The Morgan fingerprint density at radius 1 is 1.10 bits per heavy atom. The summed E-state index contributed by atoms with van der Waals surface area (Å²) >= 11 is 0. The van der Waals surface area contributed by atoms with Crippen LogP contribution in [0.5, 0.6) is 0 Å². The van der Waals surface area contributed by atoms with Crippen LogP contribution in [0.15, 0.2) is 35.2 Å². The van der Waals surface area contributed by atoms with Gasteiger partial charge in [0.2, 0.25) is 10.0 Å². The lowest BCUT2D eigenvalue weighted by molar-refractivity contribution is 0.102. The van der Waals surface area contributed by atoms with Gasteiger partial charge in [0.15, 0.2) is 17.5 Å². The standard InChI is InChI=1S/C18H17F4N3O3S/c19-13-4-3-10(18(26)24-11-7-14(20)17(22)15(21)8-11)6-16(13)29(27,28)25-5-1-2-12(25)9-23/h3-4,6-8,12H,1-2,5,9,23H2,(H,24,26). The van der Waals surface area contributed by atoms with Crippen molar-refractivity contribution in [1.82, 2.24) is 4.31 Å². The Labute approximate surface area is 164 Å². The van der Waals surface area contributed by atoms with E-state index in [-0.39, 0.29) is 24.3 Å². The van der Waals surface area contributed by atoms with Gasteiger partial charge in [-0.05, 0) is 31.0 Å². The van der Waals surface area contributed by atoms with Crippen molar-refractivity contribution in [1.29, 1.82) is 0 Å². The molecule has 1 unspecified atom stereocenters. The summed E-state index contributed by atoms with van der Waals surface area (Å²) in [5, 5.41) is 2.12. The highest BCUT2D eigenvalue weighted by atomic mass is 32.2. The number of sulfonamides is 1. The minimum absolute atomic E-state index is 0.0721. The van der Waals surface area contributed by atoms with Crippen LogP contribution in [-0.4, -0.2) is 37.8 Å². The summed E-state index contributed by atoms with van der Waals surface area (Å²) in [6.07, 6.45) is 1.11. The number of halogens is 4. The van der Waals surface area contributed by atoms with Gasteiger partial charge in [-0.25, -0.2) is 26.0 Å². The number of carbonyl (C=O) groups excluding carboxylic acids is 1. The van der Waals surface area contributed by atoms with Crippen molar-refractivity contribution in [2.45, 2.75) is 23.8 Å². The van der Waals surface area contributed by atoms with Gasteiger partial charge in [0, 0.05) is 42.5 Å². The second kappa shape index (κ2) is 8.09. The zero-order valence-corrected chi connectivity index (χ0v) is 15.8. The van der Waals surface area contributed by atoms with Crippen molar-refractivity contribution in [3.8, 4) is 0 Å². The summed E-state index contributed by atoms with van der Waals surface area (Å²) in [5.41, 5.74) is 4.93. The van der Waals surface area contributed by atoms with E-state index >= 15 is 0 Å². The van der Waals surface area contributed by atoms with Gasteiger partial charge in [-0.3, -0.25) is 4.79 Å². The Kier molecular flexibility index (Phi) is 5.92. The van der Waals surface area contributed by atoms with Crippen molar-refractivity contribution in [3.63, 3.8) is 0 Å². The molecule has 1 aliphatic heterocycles. The molecule has 1 aliphatic rings. The van der Waals surface area contributed by atoms with E-state index < -0.39 is 50.1 Å². The molecule has 11 heteroatoms. The van der Waals surface area contributed by atoms with Gasteiger partial charge in [-0.2, -0.15) is 4.31 Å². The zero-order chi connectivity index (χ0) is 21.3. The van der Waals surface area contributed by atoms with E-state index in [0.29, 0.717) is 25.0 Å². The molecule has 0 spiro atoms. The first-order valence-electron chi connectivity index (χ1n) is 8.62. The third-order valence-electron chi connectivity index (χ3n) is 4.62. The maximum Gasteiger partial charge on any atom is 0.255 e. The van der Waals surface area contributed by atoms with E-state index in [4.69, 9.17) is 5.73 Å². The number of benzene rings is 2. The van der Waals surface area contributed by atoms with Gasteiger partial charge in [-0.15, -0.1) is 0 Å². The number of rotatable bonds is 5. The molecule has 1 atom stereocenters. The molecule has 29 heavy (non-hydrogen) atoms. The number of nitrogens with two attached hydrogens (primary N) is 1. The molecular formula is C18H17F4N3O3S. The molecule has 3 rings (SSSR count).